The van der Waals surface area contributed by atoms with Crippen LogP contribution in [0.4, 0.5) is 0 Å². The van der Waals surface area contributed by atoms with Crippen LogP contribution >= 0.6 is 0 Å². The minimum Gasteiger partial charge on any atom is -0.379 e. The molecule has 0 saturated heterocycles. The van der Waals surface area contributed by atoms with Gasteiger partial charge in [-0.15, -0.1) is 0 Å². The zero-order chi connectivity index (χ0) is 12.9. The van der Waals surface area contributed by atoms with Gasteiger partial charge in [-0.05, 0) is 26.7 Å². The lowest BCUT2D eigenvalue weighted by Gasteiger charge is -2.12. The van der Waals surface area contributed by atoms with Gasteiger partial charge in [0.1, 0.15) is 0 Å². The number of nitrogens with one attached hydrogen (secondary N) is 2. The second kappa shape index (κ2) is 11.7. The third-order valence-electron chi connectivity index (χ3n) is 2.36. The molecule has 0 aliphatic rings. The van der Waals surface area contributed by atoms with Gasteiger partial charge in [0.25, 0.3) is 0 Å². The van der Waals surface area contributed by atoms with Gasteiger partial charge in [0.2, 0.25) is 0 Å². The van der Waals surface area contributed by atoms with Crippen molar-refractivity contribution in [2.45, 2.75) is 52.6 Å². The molecule has 0 fully saturated rings. The molecule has 0 rings (SSSR count). The summed E-state index contributed by atoms with van der Waals surface area (Å²) in [6, 6.07) is 0. The van der Waals surface area contributed by atoms with Crippen molar-refractivity contribution in [3.05, 3.63) is 0 Å². The van der Waals surface area contributed by atoms with Crippen LogP contribution in [0.25, 0.3) is 0 Å². The first kappa shape index (κ1) is 16.2. The van der Waals surface area contributed by atoms with Gasteiger partial charge >= 0.3 is 0 Å². The molecule has 0 atom stereocenters. The van der Waals surface area contributed by atoms with E-state index in [9.17, 15) is 0 Å². The van der Waals surface area contributed by atoms with E-state index in [1.54, 1.807) is 7.05 Å². The SMILES string of the molecule is CCCCCNC(=NC)NCCCOC(C)C. The first-order valence-electron chi connectivity index (χ1n) is 6.76. The Balaban J connectivity index is 3.42. The predicted octanol–water partition coefficient (Wildman–Crippen LogP) is 2.16. The van der Waals surface area contributed by atoms with Crippen molar-refractivity contribution in [3.8, 4) is 0 Å². The van der Waals surface area contributed by atoms with E-state index in [1.807, 2.05) is 0 Å². The van der Waals surface area contributed by atoms with Crippen molar-refractivity contribution >= 4 is 5.96 Å². The summed E-state index contributed by atoms with van der Waals surface area (Å²) in [5, 5.41) is 6.58. The molecule has 0 unspecified atom stereocenters. The van der Waals surface area contributed by atoms with E-state index in [2.05, 4.69) is 36.4 Å². The molecule has 0 aromatic rings. The van der Waals surface area contributed by atoms with Crippen LogP contribution in [0.1, 0.15) is 46.5 Å². The quantitative estimate of drug-likeness (QED) is 0.370. The van der Waals surface area contributed by atoms with Gasteiger partial charge in [0, 0.05) is 26.7 Å². The second-order valence-corrected chi connectivity index (χ2v) is 4.41. The molecule has 4 nitrogen and oxygen atoms in total. The van der Waals surface area contributed by atoms with E-state index < -0.39 is 0 Å². The molecular formula is C13H29N3O. The first-order chi connectivity index (χ1) is 8.20. The number of hydrogen-bond acceptors (Lipinski definition) is 2. The van der Waals surface area contributed by atoms with Crippen molar-refractivity contribution in [1.29, 1.82) is 0 Å². The van der Waals surface area contributed by atoms with Crippen LogP contribution in [0.5, 0.6) is 0 Å². The van der Waals surface area contributed by atoms with Gasteiger partial charge in [-0.2, -0.15) is 0 Å². The molecule has 17 heavy (non-hydrogen) atoms. The number of unbranched alkanes of at least 4 members (excludes halogenated alkanes) is 2. The highest BCUT2D eigenvalue weighted by Gasteiger charge is 1.97. The highest BCUT2D eigenvalue weighted by molar-refractivity contribution is 5.79. The number of hydrogen-bond donors (Lipinski definition) is 2. The van der Waals surface area contributed by atoms with Gasteiger partial charge < -0.3 is 15.4 Å². The summed E-state index contributed by atoms with van der Waals surface area (Å²) < 4.78 is 5.47. The summed E-state index contributed by atoms with van der Waals surface area (Å²) in [5.41, 5.74) is 0. The molecule has 0 aromatic heterocycles. The Hall–Kier alpha value is -0.770. The summed E-state index contributed by atoms with van der Waals surface area (Å²) in [6.07, 6.45) is 5.05. The smallest absolute Gasteiger partial charge is 0.190 e. The Bertz CT molecular complexity index is 193. The van der Waals surface area contributed by atoms with Crippen LogP contribution in [0.2, 0.25) is 0 Å². The number of guanidine groups is 1. The number of aliphatic imine (C=N–C) groups is 1. The predicted molar refractivity (Wildman–Crippen MR) is 74.6 cm³/mol. The normalized spacial score (nSPS) is 11.9. The standard InChI is InChI=1S/C13H29N3O/c1-5-6-7-9-15-13(14-4)16-10-8-11-17-12(2)3/h12H,5-11H2,1-4H3,(H2,14,15,16). The maximum atomic E-state index is 5.47. The topological polar surface area (TPSA) is 45.7 Å². The lowest BCUT2D eigenvalue weighted by Crippen LogP contribution is -2.38. The second-order valence-electron chi connectivity index (χ2n) is 4.41. The van der Waals surface area contributed by atoms with Crippen LogP contribution < -0.4 is 10.6 Å². The molecule has 0 heterocycles. The summed E-state index contributed by atoms with van der Waals surface area (Å²) >= 11 is 0. The fourth-order valence-electron chi connectivity index (χ4n) is 1.40. The van der Waals surface area contributed by atoms with E-state index >= 15 is 0 Å². The minimum atomic E-state index is 0.321. The summed E-state index contributed by atoms with van der Waals surface area (Å²) in [4.78, 5) is 4.17. The zero-order valence-corrected chi connectivity index (χ0v) is 11.9. The van der Waals surface area contributed by atoms with Gasteiger partial charge in [0.05, 0.1) is 6.10 Å². The Morgan fingerprint density at radius 3 is 2.29 bits per heavy atom. The number of nitrogens with zero attached hydrogens (tertiary/aromatic N) is 1. The van der Waals surface area contributed by atoms with Crippen molar-refractivity contribution in [3.63, 3.8) is 0 Å². The Kier molecular flexibility index (Phi) is 11.2. The summed E-state index contributed by atoms with van der Waals surface area (Å²) in [6.45, 7) is 9.03. The highest BCUT2D eigenvalue weighted by atomic mass is 16.5. The van der Waals surface area contributed by atoms with Crippen molar-refractivity contribution in [2.75, 3.05) is 26.7 Å². The third kappa shape index (κ3) is 11.5. The van der Waals surface area contributed by atoms with Gasteiger partial charge in [-0.1, -0.05) is 19.8 Å². The van der Waals surface area contributed by atoms with E-state index in [0.29, 0.717) is 6.10 Å². The van der Waals surface area contributed by atoms with Crippen molar-refractivity contribution in [1.82, 2.24) is 10.6 Å². The molecule has 0 saturated carbocycles. The first-order valence-corrected chi connectivity index (χ1v) is 6.76. The average Bonchev–Trinajstić information content (AvgIpc) is 2.31. The van der Waals surface area contributed by atoms with Crippen molar-refractivity contribution in [2.24, 2.45) is 4.99 Å². The highest BCUT2D eigenvalue weighted by Crippen LogP contribution is 1.91. The molecule has 0 amide bonds. The van der Waals surface area contributed by atoms with Crippen LogP contribution in [-0.2, 0) is 4.74 Å². The Morgan fingerprint density at radius 1 is 1.12 bits per heavy atom. The molecule has 0 bridgehead atoms. The molecule has 0 aromatic carbocycles. The maximum absolute atomic E-state index is 5.47. The van der Waals surface area contributed by atoms with Crippen LogP contribution in [0.15, 0.2) is 4.99 Å². The minimum absolute atomic E-state index is 0.321. The fourth-order valence-corrected chi connectivity index (χ4v) is 1.40. The molecule has 0 aliphatic heterocycles. The fraction of sp³-hybridized carbons (Fsp3) is 0.923. The van der Waals surface area contributed by atoms with Crippen molar-refractivity contribution < 1.29 is 4.74 Å². The Morgan fingerprint density at radius 2 is 1.76 bits per heavy atom. The zero-order valence-electron chi connectivity index (χ0n) is 11.9. The number of ether oxygens (including phenoxy) is 1. The van der Waals surface area contributed by atoms with E-state index in [4.69, 9.17) is 4.74 Å². The van der Waals surface area contributed by atoms with Crippen LogP contribution in [-0.4, -0.2) is 38.8 Å². The number of rotatable bonds is 9. The average molecular weight is 243 g/mol. The lowest BCUT2D eigenvalue weighted by molar-refractivity contribution is 0.0776. The Labute approximate surface area is 106 Å². The molecule has 2 N–H and O–H groups in total. The molecule has 0 radical (unpaired) electrons. The van der Waals surface area contributed by atoms with E-state index in [-0.39, 0.29) is 0 Å². The molecule has 102 valence electrons. The summed E-state index contributed by atoms with van der Waals surface area (Å²) in [7, 11) is 1.81. The summed E-state index contributed by atoms with van der Waals surface area (Å²) in [5.74, 6) is 0.894. The van der Waals surface area contributed by atoms with Gasteiger partial charge in [-0.25, -0.2) is 0 Å². The largest absolute Gasteiger partial charge is 0.379 e. The lowest BCUT2D eigenvalue weighted by atomic mass is 10.2. The van der Waals surface area contributed by atoms with Gasteiger partial charge in [0.15, 0.2) is 5.96 Å². The molecule has 0 spiro atoms. The van der Waals surface area contributed by atoms with E-state index in [1.165, 1.54) is 19.3 Å². The maximum Gasteiger partial charge on any atom is 0.190 e. The molecular weight excluding hydrogens is 214 g/mol. The van der Waals surface area contributed by atoms with Crippen LogP contribution in [0, 0.1) is 0 Å². The van der Waals surface area contributed by atoms with Crippen LogP contribution in [0.3, 0.4) is 0 Å². The van der Waals surface area contributed by atoms with E-state index in [0.717, 1.165) is 32.1 Å². The molecule has 0 aliphatic carbocycles. The van der Waals surface area contributed by atoms with Gasteiger partial charge in [-0.3, -0.25) is 4.99 Å². The monoisotopic (exact) mass is 243 g/mol. The third-order valence-corrected chi connectivity index (χ3v) is 2.36. The molecule has 4 heteroatoms.